The summed E-state index contributed by atoms with van der Waals surface area (Å²) in [6.07, 6.45) is 0.807. The van der Waals surface area contributed by atoms with Crippen LogP contribution >= 0.6 is 0 Å². The Hall–Kier alpha value is -0.120. The molecule has 0 saturated carbocycles. The second kappa shape index (κ2) is 4.21. The van der Waals surface area contributed by atoms with Crippen molar-refractivity contribution in [2.24, 2.45) is 0 Å². The summed E-state index contributed by atoms with van der Waals surface area (Å²) in [5.41, 5.74) is -0.106. The molecular weight excluding hydrogens is 156 g/mol. The predicted octanol–water partition coefficient (Wildman–Crippen LogP) is 1.56. The second-order valence-electron chi connectivity index (χ2n) is 3.61. The van der Waals surface area contributed by atoms with Crippen LogP contribution in [-0.4, -0.2) is 31.7 Å². The number of hydrogen-bond acceptors (Lipinski definition) is 3. The first kappa shape index (κ1) is 9.96. The highest BCUT2D eigenvalue weighted by Gasteiger charge is 2.24. The lowest BCUT2D eigenvalue weighted by Gasteiger charge is -2.31. The highest BCUT2D eigenvalue weighted by atomic mass is 16.7. The van der Waals surface area contributed by atoms with Gasteiger partial charge in [-0.25, -0.2) is 0 Å². The van der Waals surface area contributed by atoms with Crippen molar-refractivity contribution in [3.63, 3.8) is 0 Å². The normalized spacial score (nSPS) is 25.8. The molecule has 1 fully saturated rings. The third-order valence-electron chi connectivity index (χ3n) is 2.09. The molecule has 0 radical (unpaired) electrons. The summed E-state index contributed by atoms with van der Waals surface area (Å²) in [4.78, 5) is 0. The molecule has 72 valence electrons. The maximum atomic E-state index is 5.68. The highest BCUT2D eigenvalue weighted by molar-refractivity contribution is 4.67. The molecule has 0 N–H and O–H groups in total. The van der Waals surface area contributed by atoms with Gasteiger partial charge in [-0.1, -0.05) is 6.92 Å². The van der Waals surface area contributed by atoms with Crippen molar-refractivity contribution in [2.45, 2.75) is 39.1 Å². The van der Waals surface area contributed by atoms with Crippen LogP contribution in [-0.2, 0) is 14.2 Å². The third kappa shape index (κ3) is 3.09. The Labute approximate surface area is 74.0 Å². The number of hydrogen-bond donors (Lipinski definition) is 0. The van der Waals surface area contributed by atoms with E-state index in [4.69, 9.17) is 14.2 Å². The van der Waals surface area contributed by atoms with Crippen molar-refractivity contribution in [3.8, 4) is 0 Å². The molecule has 0 spiro atoms. The van der Waals surface area contributed by atoms with Crippen LogP contribution in [0.5, 0.6) is 0 Å². The van der Waals surface area contributed by atoms with E-state index in [0.717, 1.165) is 6.42 Å². The molecule has 1 atom stereocenters. The molecule has 0 bridgehead atoms. The topological polar surface area (TPSA) is 27.7 Å². The molecular formula is C9H18O3. The Balaban J connectivity index is 2.28. The van der Waals surface area contributed by atoms with Crippen molar-refractivity contribution in [1.29, 1.82) is 0 Å². The van der Waals surface area contributed by atoms with E-state index in [1.807, 2.05) is 0 Å². The quantitative estimate of drug-likeness (QED) is 0.650. The fraction of sp³-hybridized carbons (Fsp3) is 1.00. The molecule has 0 aromatic heterocycles. The summed E-state index contributed by atoms with van der Waals surface area (Å²) >= 11 is 0. The van der Waals surface area contributed by atoms with Gasteiger partial charge in [-0.05, 0) is 20.3 Å². The first-order valence-electron chi connectivity index (χ1n) is 4.51. The van der Waals surface area contributed by atoms with E-state index in [0.29, 0.717) is 19.8 Å². The molecule has 0 amide bonds. The van der Waals surface area contributed by atoms with Crippen LogP contribution in [0.25, 0.3) is 0 Å². The Kier molecular flexibility index (Phi) is 3.50. The van der Waals surface area contributed by atoms with Gasteiger partial charge in [0.25, 0.3) is 0 Å². The Morgan fingerprint density at radius 3 is 2.67 bits per heavy atom. The minimum absolute atomic E-state index is 0.106. The van der Waals surface area contributed by atoms with Gasteiger partial charge in [-0.2, -0.15) is 0 Å². The Bertz CT molecular complexity index is 128. The SMILES string of the molecule is CCC(C)(C)OC1COCCO1. The molecule has 1 aliphatic rings. The lowest BCUT2D eigenvalue weighted by atomic mass is 10.1. The van der Waals surface area contributed by atoms with E-state index in [-0.39, 0.29) is 11.9 Å². The van der Waals surface area contributed by atoms with E-state index in [9.17, 15) is 0 Å². The summed E-state index contributed by atoms with van der Waals surface area (Å²) in [5.74, 6) is 0. The van der Waals surface area contributed by atoms with Crippen molar-refractivity contribution >= 4 is 0 Å². The fourth-order valence-electron chi connectivity index (χ4n) is 0.973. The molecule has 0 aromatic rings. The van der Waals surface area contributed by atoms with E-state index in [1.54, 1.807) is 0 Å². The fourth-order valence-corrected chi connectivity index (χ4v) is 0.973. The predicted molar refractivity (Wildman–Crippen MR) is 46.0 cm³/mol. The summed E-state index contributed by atoms with van der Waals surface area (Å²) in [5, 5.41) is 0. The Morgan fingerprint density at radius 1 is 1.42 bits per heavy atom. The molecule has 3 heteroatoms. The van der Waals surface area contributed by atoms with Crippen LogP contribution in [0.2, 0.25) is 0 Å². The highest BCUT2D eigenvalue weighted by Crippen LogP contribution is 2.18. The molecule has 1 saturated heterocycles. The van der Waals surface area contributed by atoms with Gasteiger partial charge in [0.05, 0.1) is 25.4 Å². The molecule has 1 rings (SSSR count). The molecule has 0 aromatic carbocycles. The van der Waals surface area contributed by atoms with Gasteiger partial charge < -0.3 is 14.2 Å². The molecule has 12 heavy (non-hydrogen) atoms. The summed E-state index contributed by atoms with van der Waals surface area (Å²) < 4.78 is 16.3. The van der Waals surface area contributed by atoms with E-state index < -0.39 is 0 Å². The van der Waals surface area contributed by atoms with Crippen molar-refractivity contribution in [3.05, 3.63) is 0 Å². The summed E-state index contributed by atoms with van der Waals surface area (Å²) in [6.45, 7) is 8.11. The zero-order valence-electron chi connectivity index (χ0n) is 8.13. The van der Waals surface area contributed by atoms with E-state index >= 15 is 0 Å². The lowest BCUT2D eigenvalue weighted by Crippen LogP contribution is -2.38. The number of rotatable bonds is 3. The van der Waals surface area contributed by atoms with Crippen LogP contribution in [0, 0.1) is 0 Å². The second-order valence-corrected chi connectivity index (χ2v) is 3.61. The first-order valence-corrected chi connectivity index (χ1v) is 4.51. The van der Waals surface area contributed by atoms with Crippen LogP contribution in [0.3, 0.4) is 0 Å². The van der Waals surface area contributed by atoms with Gasteiger partial charge in [0.15, 0.2) is 6.29 Å². The average Bonchev–Trinajstić information content (AvgIpc) is 2.06. The molecule has 1 heterocycles. The summed E-state index contributed by atoms with van der Waals surface area (Å²) in [7, 11) is 0. The van der Waals surface area contributed by atoms with E-state index in [1.165, 1.54) is 0 Å². The molecule has 0 aliphatic carbocycles. The van der Waals surface area contributed by atoms with Crippen LogP contribution in [0.1, 0.15) is 27.2 Å². The zero-order valence-corrected chi connectivity index (χ0v) is 8.13. The van der Waals surface area contributed by atoms with Crippen molar-refractivity contribution in [1.82, 2.24) is 0 Å². The van der Waals surface area contributed by atoms with Gasteiger partial charge in [0, 0.05) is 0 Å². The van der Waals surface area contributed by atoms with Gasteiger partial charge in [-0.3, -0.25) is 0 Å². The van der Waals surface area contributed by atoms with Crippen LogP contribution in [0.15, 0.2) is 0 Å². The third-order valence-corrected chi connectivity index (χ3v) is 2.09. The molecule has 3 nitrogen and oxygen atoms in total. The van der Waals surface area contributed by atoms with E-state index in [2.05, 4.69) is 20.8 Å². The maximum Gasteiger partial charge on any atom is 0.181 e. The van der Waals surface area contributed by atoms with Gasteiger partial charge in [-0.15, -0.1) is 0 Å². The van der Waals surface area contributed by atoms with Crippen molar-refractivity contribution in [2.75, 3.05) is 19.8 Å². The van der Waals surface area contributed by atoms with Gasteiger partial charge in [0.1, 0.15) is 0 Å². The monoisotopic (exact) mass is 174 g/mol. The van der Waals surface area contributed by atoms with Gasteiger partial charge in [0.2, 0.25) is 0 Å². The largest absolute Gasteiger partial charge is 0.374 e. The zero-order chi connectivity index (χ0) is 9.03. The molecule has 1 aliphatic heterocycles. The van der Waals surface area contributed by atoms with Crippen molar-refractivity contribution < 1.29 is 14.2 Å². The Morgan fingerprint density at radius 2 is 2.17 bits per heavy atom. The van der Waals surface area contributed by atoms with Gasteiger partial charge >= 0.3 is 0 Å². The standard InChI is InChI=1S/C9H18O3/c1-4-9(2,3)12-8-7-10-5-6-11-8/h8H,4-7H2,1-3H3. The first-order chi connectivity index (χ1) is 5.64. The molecule has 1 unspecified atom stereocenters. The van der Waals surface area contributed by atoms with Crippen LogP contribution < -0.4 is 0 Å². The minimum atomic E-state index is -0.173. The number of ether oxygens (including phenoxy) is 3. The summed E-state index contributed by atoms with van der Waals surface area (Å²) in [6, 6.07) is 0. The maximum absolute atomic E-state index is 5.68. The minimum Gasteiger partial charge on any atom is -0.374 e. The lowest BCUT2D eigenvalue weighted by molar-refractivity contribution is -0.250. The smallest absolute Gasteiger partial charge is 0.181 e. The van der Waals surface area contributed by atoms with Crippen LogP contribution in [0.4, 0.5) is 0 Å². The average molecular weight is 174 g/mol.